The molecule has 0 saturated carbocycles. The summed E-state index contributed by atoms with van der Waals surface area (Å²) in [5, 5.41) is 2.92. The van der Waals surface area contributed by atoms with Gasteiger partial charge < -0.3 is 20.4 Å². The van der Waals surface area contributed by atoms with Crippen LogP contribution < -0.4 is 11.1 Å². The zero-order chi connectivity index (χ0) is 21.4. The van der Waals surface area contributed by atoms with Crippen LogP contribution in [-0.2, 0) is 17.8 Å². The Balaban J connectivity index is 1.71. The van der Waals surface area contributed by atoms with Crippen LogP contribution in [0.1, 0.15) is 40.9 Å². The lowest BCUT2D eigenvalue weighted by Gasteiger charge is -2.11. The zero-order valence-electron chi connectivity index (χ0n) is 17.2. The van der Waals surface area contributed by atoms with Crippen LogP contribution in [0.2, 0.25) is 0 Å². The van der Waals surface area contributed by atoms with E-state index in [1.807, 2.05) is 43.5 Å². The van der Waals surface area contributed by atoms with Crippen molar-refractivity contribution in [3.8, 4) is 0 Å². The molecule has 0 aliphatic rings. The minimum absolute atomic E-state index is 0.115. The van der Waals surface area contributed by atoms with Crippen molar-refractivity contribution < 1.29 is 9.53 Å². The van der Waals surface area contributed by atoms with Crippen molar-refractivity contribution in [1.82, 2.24) is 14.9 Å². The maximum Gasteiger partial charge on any atom is 0.407 e. The molecule has 1 aromatic heterocycles. The van der Waals surface area contributed by atoms with Crippen LogP contribution in [0.4, 0.5) is 4.79 Å². The third-order valence-corrected chi connectivity index (χ3v) is 4.75. The van der Waals surface area contributed by atoms with Gasteiger partial charge in [0.1, 0.15) is 10.9 Å². The number of hydrogen-bond donors (Lipinski definition) is 2. The zero-order valence-corrected chi connectivity index (χ0v) is 17.9. The first-order valence-corrected chi connectivity index (χ1v) is 9.83. The lowest BCUT2D eigenvalue weighted by Crippen LogP contribution is -2.25. The number of imidazole rings is 1. The molecule has 1 heterocycles. The number of alkyl carbamates (subject to hydrolysis) is 1. The lowest BCUT2D eigenvalue weighted by molar-refractivity contribution is 0.143. The third-order valence-electron chi connectivity index (χ3n) is 4.66. The summed E-state index contributed by atoms with van der Waals surface area (Å²) in [6.45, 7) is 11.0. The Morgan fingerprint density at radius 2 is 2.00 bits per heavy atom. The summed E-state index contributed by atoms with van der Waals surface area (Å²) in [7, 11) is 0. The Morgan fingerprint density at radius 1 is 1.31 bits per heavy atom. The highest BCUT2D eigenvalue weighted by molar-refractivity contribution is 6.29. The number of rotatable bonds is 9. The number of amidine groups is 1. The number of unbranched alkanes of at least 4 members (excludes halogenated alkanes) is 1. The molecular weight excluding hydrogens is 390 g/mol. The van der Waals surface area contributed by atoms with E-state index in [0.29, 0.717) is 18.8 Å². The molecule has 29 heavy (non-hydrogen) atoms. The van der Waals surface area contributed by atoms with E-state index in [2.05, 4.69) is 21.9 Å². The van der Waals surface area contributed by atoms with E-state index in [1.165, 1.54) is 0 Å². The number of nitrogens with two attached hydrogens (primary N) is 1. The second-order valence-corrected chi connectivity index (χ2v) is 7.25. The number of benzene rings is 1. The van der Waals surface area contributed by atoms with Crippen LogP contribution in [0, 0.1) is 20.8 Å². The predicted octanol–water partition coefficient (Wildman–Crippen LogP) is 3.93. The van der Waals surface area contributed by atoms with Crippen LogP contribution >= 0.6 is 11.6 Å². The summed E-state index contributed by atoms with van der Waals surface area (Å²) in [4.78, 5) is 20.1. The molecule has 0 aliphatic carbocycles. The molecule has 7 nitrogen and oxygen atoms in total. The van der Waals surface area contributed by atoms with Crippen molar-refractivity contribution in [2.75, 3.05) is 6.61 Å². The van der Waals surface area contributed by atoms with Gasteiger partial charge in [0, 0.05) is 18.8 Å². The average molecular weight is 418 g/mol. The predicted molar refractivity (Wildman–Crippen MR) is 116 cm³/mol. The Bertz CT molecular complexity index is 884. The summed E-state index contributed by atoms with van der Waals surface area (Å²) in [6.07, 6.45) is 2.88. The Hall–Kier alpha value is -2.80. The largest absolute Gasteiger partial charge is 0.450 e. The number of aryl methyl sites for hydroxylation is 3. The van der Waals surface area contributed by atoms with Gasteiger partial charge >= 0.3 is 6.09 Å². The average Bonchev–Trinajstić information content (AvgIpc) is 3.01. The maximum atomic E-state index is 11.9. The molecule has 0 unspecified atom stereocenters. The van der Waals surface area contributed by atoms with E-state index >= 15 is 0 Å². The van der Waals surface area contributed by atoms with Crippen molar-refractivity contribution in [1.29, 1.82) is 0 Å². The Morgan fingerprint density at radius 3 is 2.66 bits per heavy atom. The van der Waals surface area contributed by atoms with Gasteiger partial charge in [-0.15, -0.1) is 0 Å². The van der Waals surface area contributed by atoms with Gasteiger partial charge in [0.15, 0.2) is 5.84 Å². The number of aromatic nitrogens is 2. The Labute approximate surface area is 176 Å². The third kappa shape index (κ3) is 6.64. The number of halogens is 1. The molecule has 0 bridgehead atoms. The Kier molecular flexibility index (Phi) is 8.27. The van der Waals surface area contributed by atoms with E-state index in [1.54, 1.807) is 6.33 Å². The van der Waals surface area contributed by atoms with Crippen molar-refractivity contribution in [3.63, 3.8) is 0 Å². The quantitative estimate of drug-likeness (QED) is 0.279. The molecular formula is C21H28ClN5O2. The molecule has 2 aromatic rings. The van der Waals surface area contributed by atoms with Crippen molar-refractivity contribution in [2.24, 2.45) is 10.7 Å². The fraction of sp³-hybridized carbons (Fsp3) is 0.381. The molecule has 0 spiro atoms. The van der Waals surface area contributed by atoms with Gasteiger partial charge in [-0.2, -0.15) is 0 Å². The maximum absolute atomic E-state index is 11.9. The highest BCUT2D eigenvalue weighted by Crippen LogP contribution is 2.13. The molecule has 0 atom stereocenters. The van der Waals surface area contributed by atoms with E-state index in [-0.39, 0.29) is 11.0 Å². The fourth-order valence-corrected chi connectivity index (χ4v) is 3.08. The highest BCUT2D eigenvalue weighted by Gasteiger charge is 2.10. The summed E-state index contributed by atoms with van der Waals surface area (Å²) >= 11 is 5.66. The monoisotopic (exact) mass is 417 g/mol. The summed E-state index contributed by atoms with van der Waals surface area (Å²) in [6, 6.07) is 6.07. The van der Waals surface area contributed by atoms with Crippen LogP contribution in [0.3, 0.4) is 0 Å². The molecule has 2 rings (SSSR count). The summed E-state index contributed by atoms with van der Waals surface area (Å²) in [5.74, 6) is 0.241. The first kappa shape index (κ1) is 22.5. The number of nitrogens with one attached hydrogen (secondary N) is 1. The van der Waals surface area contributed by atoms with E-state index in [4.69, 9.17) is 22.1 Å². The van der Waals surface area contributed by atoms with Crippen LogP contribution in [0.15, 0.2) is 41.3 Å². The van der Waals surface area contributed by atoms with Gasteiger partial charge in [0.2, 0.25) is 0 Å². The first-order chi connectivity index (χ1) is 13.8. The molecule has 0 aliphatic heterocycles. The number of amides is 1. The number of aliphatic imine (C=N–C) groups is 1. The topological polar surface area (TPSA) is 94.5 Å². The summed E-state index contributed by atoms with van der Waals surface area (Å²) in [5.41, 5.74) is 10.8. The fourth-order valence-electron chi connectivity index (χ4n) is 2.99. The van der Waals surface area contributed by atoms with Crippen LogP contribution in [0.5, 0.6) is 0 Å². The number of carbonyl (C=O) groups excluding carboxylic acids is 1. The van der Waals surface area contributed by atoms with Gasteiger partial charge in [-0.05, 0) is 50.3 Å². The number of nitrogens with zero attached hydrogens (tertiary/aromatic N) is 3. The van der Waals surface area contributed by atoms with Gasteiger partial charge in [0.05, 0.1) is 12.9 Å². The molecule has 8 heteroatoms. The van der Waals surface area contributed by atoms with Crippen LogP contribution in [0.25, 0.3) is 0 Å². The van der Waals surface area contributed by atoms with Crippen molar-refractivity contribution >= 4 is 23.5 Å². The lowest BCUT2D eigenvalue weighted by atomic mass is 10.0. The van der Waals surface area contributed by atoms with Gasteiger partial charge in [-0.3, -0.25) is 0 Å². The van der Waals surface area contributed by atoms with E-state index in [0.717, 1.165) is 41.8 Å². The minimum Gasteiger partial charge on any atom is -0.450 e. The number of carbonyl (C=O) groups is 1. The minimum atomic E-state index is -0.404. The number of ether oxygens (including phenoxy) is 1. The number of hydrogen-bond acceptors (Lipinski definition) is 4. The van der Waals surface area contributed by atoms with Gasteiger partial charge in [-0.1, -0.05) is 36.4 Å². The van der Waals surface area contributed by atoms with Crippen LogP contribution in [-0.4, -0.2) is 28.1 Å². The first-order valence-electron chi connectivity index (χ1n) is 9.46. The smallest absolute Gasteiger partial charge is 0.407 e. The standard InChI is InChI=1S/C21H28ClN5O2/c1-14-8-7-9-15(2)18(14)12-24-21(28)29-11-6-5-10-27-13-25-19(16(27)3)20(23)26-17(4)22/h7-9,13H,4-6,10-12H2,1-3H3,(H2,23,26)(H,24,28). The molecule has 156 valence electrons. The summed E-state index contributed by atoms with van der Waals surface area (Å²) < 4.78 is 7.24. The molecule has 0 fully saturated rings. The molecule has 0 radical (unpaired) electrons. The second kappa shape index (κ2) is 10.7. The van der Waals surface area contributed by atoms with Crippen molar-refractivity contribution in [2.45, 2.75) is 46.7 Å². The molecule has 3 N–H and O–H groups in total. The molecule has 1 amide bonds. The van der Waals surface area contributed by atoms with Crippen molar-refractivity contribution in [3.05, 3.63) is 64.3 Å². The SMILES string of the molecule is C=C(Cl)/N=C(/N)c1ncn(CCCCOC(=O)NCc2c(C)cccc2C)c1C. The van der Waals surface area contributed by atoms with E-state index < -0.39 is 6.09 Å². The van der Waals surface area contributed by atoms with Gasteiger partial charge in [0.25, 0.3) is 0 Å². The van der Waals surface area contributed by atoms with E-state index in [9.17, 15) is 4.79 Å². The highest BCUT2D eigenvalue weighted by atomic mass is 35.5. The second-order valence-electron chi connectivity index (χ2n) is 6.81. The molecule has 0 saturated heterocycles. The normalized spacial score (nSPS) is 11.4. The molecule has 1 aromatic carbocycles. The van der Waals surface area contributed by atoms with Gasteiger partial charge in [-0.25, -0.2) is 14.8 Å².